The maximum atomic E-state index is 13.2. The average molecular weight is 318 g/mol. The third kappa shape index (κ3) is 3.18. The van der Waals surface area contributed by atoms with Crippen LogP contribution in [0.25, 0.3) is 0 Å². The minimum Gasteiger partial charge on any atom is -0.340 e. The van der Waals surface area contributed by atoms with Gasteiger partial charge in [-0.25, -0.2) is 0 Å². The summed E-state index contributed by atoms with van der Waals surface area (Å²) >= 11 is 1.79. The summed E-state index contributed by atoms with van der Waals surface area (Å²) in [4.78, 5) is 16.4. The lowest BCUT2D eigenvalue weighted by molar-refractivity contribution is -0.134. The number of hydrogen-bond donors (Lipinski definition) is 1. The fourth-order valence-electron chi connectivity index (χ4n) is 3.59. The SMILES string of the molecule is Cc1ccc(SC2(C(=O)N(C)C3CCNC3)CCCC2)cc1. The molecule has 1 saturated heterocycles. The summed E-state index contributed by atoms with van der Waals surface area (Å²) in [6, 6.07) is 8.96. The van der Waals surface area contributed by atoms with Gasteiger partial charge in [-0.05, 0) is 44.9 Å². The Balaban J connectivity index is 1.78. The number of carbonyl (C=O) groups is 1. The molecule has 1 amide bonds. The highest BCUT2D eigenvalue weighted by atomic mass is 32.2. The number of rotatable bonds is 4. The molecule has 1 aliphatic carbocycles. The molecule has 2 fully saturated rings. The average Bonchev–Trinajstić information content (AvgIpc) is 3.20. The predicted octanol–water partition coefficient (Wildman–Crippen LogP) is 3.22. The van der Waals surface area contributed by atoms with Crippen molar-refractivity contribution in [3.8, 4) is 0 Å². The van der Waals surface area contributed by atoms with E-state index in [1.54, 1.807) is 11.8 Å². The second-order valence-electron chi connectivity index (χ2n) is 6.68. The van der Waals surface area contributed by atoms with Crippen LogP contribution in [0.3, 0.4) is 0 Å². The zero-order valence-corrected chi connectivity index (χ0v) is 14.4. The van der Waals surface area contributed by atoms with Gasteiger partial charge in [-0.15, -0.1) is 11.8 Å². The van der Waals surface area contributed by atoms with Crippen LogP contribution in [0.4, 0.5) is 0 Å². The van der Waals surface area contributed by atoms with E-state index in [9.17, 15) is 4.79 Å². The highest BCUT2D eigenvalue weighted by molar-refractivity contribution is 8.01. The molecule has 4 heteroatoms. The van der Waals surface area contributed by atoms with E-state index in [1.807, 2.05) is 11.9 Å². The number of aryl methyl sites for hydroxylation is 1. The summed E-state index contributed by atoms with van der Waals surface area (Å²) in [6.45, 7) is 4.07. The Hall–Kier alpha value is -1.00. The van der Waals surface area contributed by atoms with Crippen LogP contribution in [0.1, 0.15) is 37.7 Å². The second-order valence-corrected chi connectivity index (χ2v) is 8.14. The van der Waals surface area contributed by atoms with Crippen LogP contribution in [0.15, 0.2) is 29.2 Å². The Bertz CT molecular complexity index is 516. The Kier molecular flexibility index (Phi) is 4.79. The van der Waals surface area contributed by atoms with Crippen molar-refractivity contribution >= 4 is 17.7 Å². The van der Waals surface area contributed by atoms with Crippen LogP contribution in [-0.2, 0) is 4.79 Å². The van der Waals surface area contributed by atoms with E-state index in [-0.39, 0.29) is 4.75 Å². The van der Waals surface area contributed by atoms with E-state index in [2.05, 4.69) is 36.5 Å². The minimum absolute atomic E-state index is 0.243. The number of hydrogen-bond acceptors (Lipinski definition) is 3. The molecule has 0 radical (unpaired) electrons. The van der Waals surface area contributed by atoms with E-state index in [1.165, 1.54) is 23.3 Å². The molecule has 3 nitrogen and oxygen atoms in total. The van der Waals surface area contributed by atoms with Gasteiger partial charge in [-0.2, -0.15) is 0 Å². The molecule has 0 spiro atoms. The predicted molar refractivity (Wildman–Crippen MR) is 92.3 cm³/mol. The molecule has 1 N–H and O–H groups in total. The standard InChI is InChI=1S/C18H26N2OS/c1-14-5-7-16(8-6-14)22-18(10-3-4-11-18)17(21)20(2)15-9-12-19-13-15/h5-8,15,19H,3-4,9-13H2,1-2H3. The fraction of sp³-hybridized carbons (Fsp3) is 0.611. The van der Waals surface area contributed by atoms with Crippen molar-refractivity contribution in [1.29, 1.82) is 0 Å². The van der Waals surface area contributed by atoms with E-state index < -0.39 is 0 Å². The van der Waals surface area contributed by atoms with E-state index >= 15 is 0 Å². The molecule has 1 aliphatic heterocycles. The van der Waals surface area contributed by atoms with Crippen LogP contribution in [0.5, 0.6) is 0 Å². The van der Waals surface area contributed by atoms with E-state index in [4.69, 9.17) is 0 Å². The van der Waals surface area contributed by atoms with Crippen molar-refractivity contribution in [2.75, 3.05) is 20.1 Å². The van der Waals surface area contributed by atoms with Crippen molar-refractivity contribution < 1.29 is 4.79 Å². The number of carbonyl (C=O) groups excluding carboxylic acids is 1. The largest absolute Gasteiger partial charge is 0.340 e. The third-order valence-electron chi connectivity index (χ3n) is 5.04. The fourth-order valence-corrected chi connectivity index (χ4v) is 5.04. The van der Waals surface area contributed by atoms with Crippen molar-refractivity contribution in [2.45, 2.75) is 54.7 Å². The van der Waals surface area contributed by atoms with Crippen LogP contribution in [0.2, 0.25) is 0 Å². The quantitative estimate of drug-likeness (QED) is 0.925. The van der Waals surface area contributed by atoms with Gasteiger partial charge in [-0.1, -0.05) is 30.5 Å². The van der Waals surface area contributed by atoms with Crippen molar-refractivity contribution in [3.63, 3.8) is 0 Å². The first-order valence-electron chi connectivity index (χ1n) is 8.34. The summed E-state index contributed by atoms with van der Waals surface area (Å²) in [5, 5.41) is 3.37. The van der Waals surface area contributed by atoms with Crippen molar-refractivity contribution in [2.24, 2.45) is 0 Å². The van der Waals surface area contributed by atoms with Crippen molar-refractivity contribution in [3.05, 3.63) is 29.8 Å². The molecule has 1 aromatic rings. The molecular formula is C18H26N2OS. The topological polar surface area (TPSA) is 32.3 Å². The van der Waals surface area contributed by atoms with Gasteiger partial charge < -0.3 is 10.2 Å². The summed E-state index contributed by atoms with van der Waals surface area (Å²) in [7, 11) is 2.00. The molecule has 22 heavy (non-hydrogen) atoms. The van der Waals surface area contributed by atoms with Gasteiger partial charge in [0.25, 0.3) is 0 Å². The molecule has 1 aromatic carbocycles. The molecule has 1 saturated carbocycles. The zero-order chi connectivity index (χ0) is 15.6. The lowest BCUT2D eigenvalue weighted by Gasteiger charge is -2.34. The maximum absolute atomic E-state index is 13.2. The van der Waals surface area contributed by atoms with Gasteiger partial charge in [-0.3, -0.25) is 4.79 Å². The monoisotopic (exact) mass is 318 g/mol. The molecule has 1 unspecified atom stereocenters. The van der Waals surface area contributed by atoms with Gasteiger partial charge >= 0.3 is 0 Å². The Morgan fingerprint density at radius 3 is 2.55 bits per heavy atom. The summed E-state index contributed by atoms with van der Waals surface area (Å²) in [6.07, 6.45) is 5.43. The Morgan fingerprint density at radius 1 is 1.27 bits per heavy atom. The second kappa shape index (κ2) is 6.63. The number of thioether (sulfide) groups is 1. The summed E-state index contributed by atoms with van der Waals surface area (Å²) < 4.78 is -0.243. The van der Waals surface area contributed by atoms with E-state index in [0.717, 1.165) is 32.4 Å². The number of likely N-dealkylation sites (N-methyl/N-ethyl adjacent to an activating group) is 1. The summed E-state index contributed by atoms with van der Waals surface area (Å²) in [5.74, 6) is 0.337. The lowest BCUT2D eigenvalue weighted by atomic mass is 10.0. The first kappa shape index (κ1) is 15.9. The zero-order valence-electron chi connectivity index (χ0n) is 13.6. The third-order valence-corrected chi connectivity index (χ3v) is 6.52. The highest BCUT2D eigenvalue weighted by Gasteiger charge is 2.45. The van der Waals surface area contributed by atoms with Gasteiger partial charge in [0.15, 0.2) is 0 Å². The first-order chi connectivity index (χ1) is 10.6. The number of benzene rings is 1. The molecule has 120 valence electrons. The van der Waals surface area contributed by atoms with Gasteiger partial charge in [0.2, 0.25) is 5.91 Å². The Labute approximate surface area is 137 Å². The summed E-state index contributed by atoms with van der Waals surface area (Å²) in [5.41, 5.74) is 1.27. The minimum atomic E-state index is -0.243. The van der Waals surface area contributed by atoms with Gasteiger partial charge in [0.05, 0.1) is 4.75 Å². The molecule has 2 aliphatic rings. The number of nitrogens with zero attached hydrogens (tertiary/aromatic N) is 1. The molecule has 0 bridgehead atoms. The highest BCUT2D eigenvalue weighted by Crippen LogP contribution is 2.46. The molecule has 1 atom stereocenters. The van der Waals surface area contributed by atoms with Crippen LogP contribution in [-0.4, -0.2) is 41.7 Å². The van der Waals surface area contributed by atoms with E-state index in [0.29, 0.717) is 11.9 Å². The first-order valence-corrected chi connectivity index (χ1v) is 9.16. The molecular weight excluding hydrogens is 292 g/mol. The molecule has 0 aromatic heterocycles. The van der Waals surface area contributed by atoms with Gasteiger partial charge in [0.1, 0.15) is 0 Å². The van der Waals surface area contributed by atoms with Crippen LogP contribution < -0.4 is 5.32 Å². The normalized spacial score (nSPS) is 23.6. The van der Waals surface area contributed by atoms with Crippen molar-refractivity contribution in [1.82, 2.24) is 10.2 Å². The smallest absolute Gasteiger partial charge is 0.239 e. The maximum Gasteiger partial charge on any atom is 0.239 e. The number of amides is 1. The molecule has 3 rings (SSSR count). The van der Waals surface area contributed by atoms with Crippen LogP contribution >= 0.6 is 11.8 Å². The van der Waals surface area contributed by atoms with Gasteiger partial charge in [0, 0.05) is 24.5 Å². The van der Waals surface area contributed by atoms with Crippen LogP contribution in [0, 0.1) is 6.92 Å². The molecule has 1 heterocycles. The Morgan fingerprint density at radius 2 is 1.95 bits per heavy atom. The number of nitrogens with one attached hydrogen (secondary N) is 1. The lowest BCUT2D eigenvalue weighted by Crippen LogP contribution is -2.48.